The van der Waals surface area contributed by atoms with Crippen molar-refractivity contribution in [2.75, 3.05) is 39.5 Å². The van der Waals surface area contributed by atoms with Crippen molar-refractivity contribution < 1.29 is 112 Å². The van der Waals surface area contributed by atoms with Crippen LogP contribution in [-0.4, -0.2) is 54.9 Å². The second-order valence-electron chi connectivity index (χ2n) is 8.34. The molecule has 3 aromatic carbocycles. The number of rotatable bonds is 15. The van der Waals surface area contributed by atoms with Crippen LogP contribution in [0.1, 0.15) is 54.8 Å². The highest BCUT2D eigenvalue weighted by Crippen LogP contribution is 2.31. The van der Waals surface area contributed by atoms with Gasteiger partial charge < -0.3 is 29.5 Å². The molecule has 0 atom stereocenters. The number of aliphatic hydroxyl groups is 3. The molecule has 21 heteroatoms. The third-order valence-electron chi connectivity index (χ3n) is 5.12. The minimum absolute atomic E-state index is 0.152. The Bertz CT molecular complexity index is 2030. The number of hydrogen-bond acceptors (Lipinski definition) is 6. The third-order valence-corrected chi connectivity index (χ3v) is 5.12. The first-order valence-corrected chi connectivity index (χ1v) is 12.8. The van der Waals surface area contributed by atoms with Crippen molar-refractivity contribution in [3.63, 3.8) is 0 Å². The predicted molar refractivity (Wildman–Crippen MR) is 144 cm³/mol. The number of hydrogen-bond donors (Lipinski definition) is 3. The zero-order chi connectivity index (χ0) is 49.8. The molecule has 0 fully saturated rings. The molecule has 3 N–H and O–H groups in total. The van der Waals surface area contributed by atoms with E-state index in [-0.39, 0.29) is 19.6 Å². The maximum Gasteiger partial charge on any atom is 0.206 e. The molecule has 0 aliphatic heterocycles. The van der Waals surface area contributed by atoms with E-state index in [1.807, 2.05) is 0 Å². The van der Waals surface area contributed by atoms with Gasteiger partial charge in [-0.05, 0) is 38.3 Å². The van der Waals surface area contributed by atoms with Crippen LogP contribution in [0.2, 0.25) is 0 Å². The Labute approximate surface area is 295 Å². The molecule has 0 unspecified atom stereocenters. The molecule has 6 nitrogen and oxygen atoms in total. The van der Waals surface area contributed by atoms with Gasteiger partial charge in [-0.25, -0.2) is 39.5 Å². The van der Waals surface area contributed by atoms with E-state index in [1.54, 1.807) is 0 Å². The number of ether oxygens (including phenoxy) is 3. The molecule has 3 rings (SSSR count). The molecule has 0 aromatic heterocycles. The van der Waals surface area contributed by atoms with Gasteiger partial charge in [-0.15, -0.1) is 0 Å². The maximum atomic E-state index is 13.5. The zero-order valence-electron chi connectivity index (χ0n) is 36.5. The van der Waals surface area contributed by atoms with Crippen LogP contribution >= 0.6 is 0 Å². The van der Waals surface area contributed by atoms with E-state index in [0.717, 1.165) is 0 Å². The third kappa shape index (κ3) is 12.0. The van der Waals surface area contributed by atoms with Crippen molar-refractivity contribution in [1.29, 1.82) is 0 Å². The van der Waals surface area contributed by atoms with E-state index in [1.165, 1.54) is 0 Å². The molecule has 0 radical (unpaired) electrons. The molecule has 3 aromatic rings. The smallest absolute Gasteiger partial charge is 0.206 e. The molecule has 0 saturated heterocycles. The van der Waals surface area contributed by atoms with Crippen molar-refractivity contribution in [2.24, 2.45) is 0 Å². The molecule has 0 heterocycles. The van der Waals surface area contributed by atoms with Gasteiger partial charge in [0.25, 0.3) is 0 Å². The van der Waals surface area contributed by atoms with E-state index in [0.29, 0.717) is 6.42 Å². The first-order chi connectivity index (χ1) is 28.4. The molecule has 51 heavy (non-hydrogen) atoms. The highest BCUT2D eigenvalue weighted by Gasteiger charge is 2.29. The molecule has 0 aliphatic rings. The predicted octanol–water partition coefficient (Wildman–Crippen LogP) is 7.60. The SMILES string of the molecule is OCCCCOc1c(F)c(F)c(F)c(F)c1F.[2H]C([2H])(CO)C([2H])([2H])COc1c(F)c(F)c(F)c(F)c1F.[2H]C([2H])(O)C([2H])([2H])C([2H])([2H])C([2H])([2H])Oc1c(F)c(F)c(F)c(F)c1F. The van der Waals surface area contributed by atoms with Crippen LogP contribution in [0.25, 0.3) is 0 Å². The lowest BCUT2D eigenvalue weighted by molar-refractivity contribution is 0.233. The van der Waals surface area contributed by atoms with E-state index >= 15 is 0 Å². The van der Waals surface area contributed by atoms with Gasteiger partial charge in [0.15, 0.2) is 17.2 Å². The fourth-order valence-electron chi connectivity index (χ4n) is 2.83. The van der Waals surface area contributed by atoms with Gasteiger partial charge in [-0.2, -0.15) is 26.3 Å². The summed E-state index contributed by atoms with van der Waals surface area (Å²) >= 11 is 0. The van der Waals surface area contributed by atoms with Crippen molar-refractivity contribution in [3.8, 4) is 17.2 Å². The van der Waals surface area contributed by atoms with Crippen LogP contribution in [0.5, 0.6) is 17.2 Å². The van der Waals surface area contributed by atoms with Gasteiger partial charge in [0.1, 0.15) is 0 Å². The van der Waals surface area contributed by atoms with Crippen LogP contribution < -0.4 is 14.2 Å². The second kappa shape index (κ2) is 22.0. The molecule has 0 spiro atoms. The highest BCUT2D eigenvalue weighted by atomic mass is 19.2. The van der Waals surface area contributed by atoms with Crippen LogP contribution in [0.4, 0.5) is 65.9 Å². The van der Waals surface area contributed by atoms with Gasteiger partial charge in [0.05, 0.1) is 25.3 Å². The Hall–Kier alpha value is -4.11. The largest absolute Gasteiger partial charge is 0.487 e. The van der Waals surface area contributed by atoms with Crippen molar-refractivity contribution in [3.05, 3.63) is 87.3 Å². The average molecular weight is 781 g/mol. The van der Waals surface area contributed by atoms with Crippen LogP contribution in [-0.2, 0) is 0 Å². The normalized spacial score (nSPS) is 15.9. The van der Waals surface area contributed by atoms with E-state index in [9.17, 15) is 65.9 Å². The zero-order valence-corrected chi connectivity index (χ0v) is 24.5. The van der Waals surface area contributed by atoms with Gasteiger partial charge in [0.2, 0.25) is 87.3 Å². The molecule has 288 valence electrons. The lowest BCUT2D eigenvalue weighted by Crippen LogP contribution is -2.08. The molecule has 0 amide bonds. The molecule has 0 bridgehead atoms. The summed E-state index contributed by atoms with van der Waals surface area (Å²) in [7, 11) is 0. The summed E-state index contributed by atoms with van der Waals surface area (Å²) in [4.78, 5) is 0. The summed E-state index contributed by atoms with van der Waals surface area (Å²) in [6.45, 7) is -11.2. The summed E-state index contributed by atoms with van der Waals surface area (Å²) in [5.41, 5.74) is 0. The van der Waals surface area contributed by atoms with E-state index in [2.05, 4.69) is 14.2 Å². The number of halogens is 15. The highest BCUT2D eigenvalue weighted by molar-refractivity contribution is 5.31. The van der Waals surface area contributed by atoms with Crippen LogP contribution in [0.3, 0.4) is 0 Å². The summed E-state index contributed by atoms with van der Waals surface area (Å²) < 4.78 is 294. The van der Waals surface area contributed by atoms with E-state index in [4.69, 9.17) is 31.8 Å². The van der Waals surface area contributed by atoms with Crippen LogP contribution in [0, 0.1) is 87.3 Å². The van der Waals surface area contributed by atoms with Crippen molar-refractivity contribution >= 4 is 0 Å². The van der Waals surface area contributed by atoms with E-state index < -0.39 is 156 Å². The Morgan fingerprint density at radius 2 is 0.686 bits per heavy atom. The average Bonchev–Trinajstić information content (AvgIpc) is 3.20. The maximum absolute atomic E-state index is 13.5. The summed E-state index contributed by atoms with van der Waals surface area (Å²) in [6, 6.07) is 0. The lowest BCUT2D eigenvalue weighted by atomic mass is 10.2. The van der Waals surface area contributed by atoms with Gasteiger partial charge >= 0.3 is 0 Å². The molecular formula is C30H27F15O6. The fourth-order valence-corrected chi connectivity index (χ4v) is 2.83. The molecule has 0 aliphatic carbocycles. The first-order valence-electron chi connectivity index (χ1n) is 18.8. The number of benzene rings is 3. The fraction of sp³-hybridized carbons (Fsp3) is 0.400. The minimum Gasteiger partial charge on any atom is -0.487 e. The molecule has 0 saturated carbocycles. The topological polar surface area (TPSA) is 88.4 Å². The van der Waals surface area contributed by atoms with Gasteiger partial charge in [-0.1, -0.05) is 0 Å². The first kappa shape index (κ1) is 28.5. The van der Waals surface area contributed by atoms with Gasteiger partial charge in [0, 0.05) is 30.7 Å². The summed E-state index contributed by atoms with van der Waals surface area (Å²) in [5, 5.41) is 26.1. The van der Waals surface area contributed by atoms with Crippen LogP contribution in [0.15, 0.2) is 0 Å². The number of unbranched alkanes of at least 4 members (excludes halogenated alkanes) is 1. The summed E-state index contributed by atoms with van der Waals surface area (Å²) in [5.74, 6) is -40.0. The van der Waals surface area contributed by atoms with Crippen molar-refractivity contribution in [2.45, 2.75) is 38.3 Å². The quantitative estimate of drug-likeness (QED) is 0.0638. The van der Waals surface area contributed by atoms with Crippen molar-refractivity contribution in [1.82, 2.24) is 0 Å². The molecular weight excluding hydrogens is 741 g/mol. The standard InChI is InChI=1S/3C10H9F5O2/c3*11-5-6(12)8(14)10(9(15)7(5)13)17-4-2-1-3-16/h3*16H,1-4H2/i1D2,2D2,3D2,4D2;1D2,2D2;. The lowest BCUT2D eigenvalue weighted by Gasteiger charge is -2.09. The van der Waals surface area contributed by atoms with Gasteiger partial charge in [-0.3, -0.25) is 0 Å². The Balaban J connectivity index is 0.000000481. The second-order valence-corrected chi connectivity index (χ2v) is 8.34. The Morgan fingerprint density at radius 1 is 0.353 bits per heavy atom. The summed E-state index contributed by atoms with van der Waals surface area (Å²) in [6.07, 6.45) is -13.5. The number of aliphatic hydroxyl groups excluding tert-OH is 2. The monoisotopic (exact) mass is 780 g/mol. The Kier molecular flexibility index (Phi) is 12.3. The minimum atomic E-state index is -4.18. The Morgan fingerprint density at radius 3 is 1.02 bits per heavy atom.